The smallest absolute Gasteiger partial charge is 0.146 e. The molecule has 1 fully saturated rings. The van der Waals surface area contributed by atoms with Crippen molar-refractivity contribution in [2.75, 3.05) is 18.9 Å². The molecule has 1 saturated heterocycles. The summed E-state index contributed by atoms with van der Waals surface area (Å²) >= 11 is 0. The minimum absolute atomic E-state index is 0.101. The van der Waals surface area contributed by atoms with Crippen LogP contribution < -0.4 is 11.1 Å². The van der Waals surface area contributed by atoms with Gasteiger partial charge < -0.3 is 25.8 Å². The summed E-state index contributed by atoms with van der Waals surface area (Å²) in [6, 6.07) is 7.30. The lowest BCUT2D eigenvalue weighted by Crippen LogP contribution is -2.24. The number of aromatic nitrogens is 3. The van der Waals surface area contributed by atoms with Gasteiger partial charge in [-0.3, -0.25) is 0 Å². The number of aliphatic hydroxyl groups excluding tert-OH is 1. The molecule has 0 saturated carbocycles. The van der Waals surface area contributed by atoms with Gasteiger partial charge in [0.15, 0.2) is 0 Å². The SMILES string of the molecule is Nc1ncnc2c1c(-c1ccc(O)cc1)cn2[C@@H]1CN[C@H](CO)C1. The number of nitrogens with zero attached hydrogens (tertiary/aromatic N) is 3. The molecule has 0 spiro atoms. The lowest BCUT2D eigenvalue weighted by Gasteiger charge is -2.12. The Labute approximate surface area is 138 Å². The van der Waals surface area contributed by atoms with E-state index < -0.39 is 0 Å². The van der Waals surface area contributed by atoms with Crippen LogP contribution in [-0.2, 0) is 0 Å². The Morgan fingerprint density at radius 3 is 2.75 bits per heavy atom. The maximum absolute atomic E-state index is 9.52. The quantitative estimate of drug-likeness (QED) is 0.577. The van der Waals surface area contributed by atoms with Gasteiger partial charge in [0.25, 0.3) is 0 Å². The van der Waals surface area contributed by atoms with E-state index in [1.807, 2.05) is 18.3 Å². The number of fused-ring (bicyclic) bond motifs is 1. The molecule has 124 valence electrons. The molecule has 1 aliphatic heterocycles. The molecule has 0 radical (unpaired) electrons. The van der Waals surface area contributed by atoms with E-state index in [0.717, 1.165) is 35.1 Å². The maximum atomic E-state index is 9.52. The van der Waals surface area contributed by atoms with Crippen LogP contribution in [0.25, 0.3) is 22.2 Å². The van der Waals surface area contributed by atoms with Crippen molar-refractivity contribution in [3.63, 3.8) is 0 Å². The predicted octanol–water partition coefficient (Wildman–Crippen LogP) is 1.28. The second-order valence-electron chi connectivity index (χ2n) is 6.13. The fraction of sp³-hybridized carbons (Fsp3) is 0.294. The molecule has 1 aromatic carbocycles. The highest BCUT2D eigenvalue weighted by atomic mass is 16.3. The van der Waals surface area contributed by atoms with Gasteiger partial charge in [0.2, 0.25) is 0 Å². The largest absolute Gasteiger partial charge is 0.508 e. The van der Waals surface area contributed by atoms with Gasteiger partial charge in [-0.25, -0.2) is 9.97 Å². The number of nitrogens with one attached hydrogen (secondary N) is 1. The lowest BCUT2D eigenvalue weighted by molar-refractivity contribution is 0.253. The second-order valence-corrected chi connectivity index (χ2v) is 6.13. The molecular formula is C17H19N5O2. The van der Waals surface area contributed by atoms with E-state index in [1.54, 1.807) is 12.1 Å². The maximum Gasteiger partial charge on any atom is 0.146 e. The van der Waals surface area contributed by atoms with E-state index in [0.29, 0.717) is 5.82 Å². The third-order valence-electron chi connectivity index (χ3n) is 4.63. The first-order valence-electron chi connectivity index (χ1n) is 7.92. The van der Waals surface area contributed by atoms with Crippen molar-refractivity contribution in [3.8, 4) is 16.9 Å². The van der Waals surface area contributed by atoms with Crippen molar-refractivity contribution >= 4 is 16.9 Å². The molecule has 3 aromatic rings. The molecule has 1 aliphatic rings. The summed E-state index contributed by atoms with van der Waals surface area (Å²) in [5, 5.41) is 23.0. The summed E-state index contributed by atoms with van der Waals surface area (Å²) in [4.78, 5) is 8.56. The summed E-state index contributed by atoms with van der Waals surface area (Å²) < 4.78 is 2.11. The average Bonchev–Trinajstić information content (AvgIpc) is 3.20. The zero-order chi connectivity index (χ0) is 16.7. The fourth-order valence-electron chi connectivity index (χ4n) is 3.40. The second kappa shape index (κ2) is 5.77. The van der Waals surface area contributed by atoms with Crippen molar-refractivity contribution < 1.29 is 10.2 Å². The van der Waals surface area contributed by atoms with Gasteiger partial charge in [-0.05, 0) is 24.1 Å². The van der Waals surface area contributed by atoms with Crippen LogP contribution in [0.1, 0.15) is 12.5 Å². The average molecular weight is 325 g/mol. The van der Waals surface area contributed by atoms with E-state index in [1.165, 1.54) is 6.33 Å². The zero-order valence-electron chi connectivity index (χ0n) is 13.1. The summed E-state index contributed by atoms with van der Waals surface area (Å²) in [5.41, 5.74) is 8.80. The Bertz CT molecular complexity index is 875. The number of phenols is 1. The molecule has 5 N–H and O–H groups in total. The van der Waals surface area contributed by atoms with Crippen LogP contribution in [0.4, 0.5) is 5.82 Å². The lowest BCUT2D eigenvalue weighted by atomic mass is 10.1. The molecule has 4 rings (SSSR count). The third-order valence-corrected chi connectivity index (χ3v) is 4.63. The van der Waals surface area contributed by atoms with E-state index in [2.05, 4.69) is 19.9 Å². The highest BCUT2D eigenvalue weighted by molar-refractivity contribution is 6.00. The molecule has 0 aliphatic carbocycles. The van der Waals surface area contributed by atoms with Gasteiger partial charge >= 0.3 is 0 Å². The Hall–Kier alpha value is -2.64. The molecule has 24 heavy (non-hydrogen) atoms. The van der Waals surface area contributed by atoms with Crippen LogP contribution in [0, 0.1) is 0 Å². The van der Waals surface area contributed by atoms with Gasteiger partial charge in [0, 0.05) is 30.4 Å². The number of rotatable bonds is 3. The minimum Gasteiger partial charge on any atom is -0.508 e. The van der Waals surface area contributed by atoms with Crippen molar-refractivity contribution in [1.82, 2.24) is 19.9 Å². The first-order valence-corrected chi connectivity index (χ1v) is 7.92. The summed E-state index contributed by atoms with van der Waals surface area (Å²) in [6.07, 6.45) is 4.34. The summed E-state index contributed by atoms with van der Waals surface area (Å²) in [5.74, 6) is 0.656. The number of nitrogens with two attached hydrogens (primary N) is 1. The monoisotopic (exact) mass is 325 g/mol. The van der Waals surface area contributed by atoms with Gasteiger partial charge in [-0.15, -0.1) is 0 Å². The molecule has 0 bridgehead atoms. The molecule has 0 amide bonds. The van der Waals surface area contributed by atoms with Gasteiger partial charge in [-0.1, -0.05) is 12.1 Å². The number of benzene rings is 1. The number of hydrogen-bond acceptors (Lipinski definition) is 6. The number of phenolic OH excluding ortho intramolecular Hbond substituents is 1. The first-order chi connectivity index (χ1) is 11.7. The molecular weight excluding hydrogens is 306 g/mol. The van der Waals surface area contributed by atoms with Crippen molar-refractivity contribution in [3.05, 3.63) is 36.8 Å². The van der Waals surface area contributed by atoms with Gasteiger partial charge in [0.1, 0.15) is 23.5 Å². The number of anilines is 1. The van der Waals surface area contributed by atoms with E-state index in [9.17, 15) is 10.2 Å². The Morgan fingerprint density at radius 1 is 1.25 bits per heavy atom. The first kappa shape index (κ1) is 14.9. The van der Waals surface area contributed by atoms with Crippen LogP contribution >= 0.6 is 0 Å². The Kier molecular flexibility index (Phi) is 3.59. The van der Waals surface area contributed by atoms with Crippen molar-refractivity contribution in [1.29, 1.82) is 0 Å². The summed E-state index contributed by atoms with van der Waals surface area (Å²) in [7, 11) is 0. The van der Waals surface area contributed by atoms with Crippen LogP contribution in [0.15, 0.2) is 36.8 Å². The zero-order valence-corrected chi connectivity index (χ0v) is 13.1. The normalized spacial score (nSPS) is 20.7. The molecule has 3 heterocycles. The van der Waals surface area contributed by atoms with Crippen LogP contribution in [0.2, 0.25) is 0 Å². The number of aliphatic hydroxyl groups is 1. The highest BCUT2D eigenvalue weighted by Gasteiger charge is 2.27. The Morgan fingerprint density at radius 2 is 2.04 bits per heavy atom. The molecule has 7 nitrogen and oxygen atoms in total. The van der Waals surface area contributed by atoms with E-state index in [4.69, 9.17) is 5.73 Å². The van der Waals surface area contributed by atoms with E-state index in [-0.39, 0.29) is 24.4 Å². The fourth-order valence-corrected chi connectivity index (χ4v) is 3.40. The molecule has 2 aromatic heterocycles. The highest BCUT2D eigenvalue weighted by Crippen LogP contribution is 2.36. The van der Waals surface area contributed by atoms with Crippen LogP contribution in [-0.4, -0.2) is 43.9 Å². The predicted molar refractivity (Wildman–Crippen MR) is 91.6 cm³/mol. The van der Waals surface area contributed by atoms with Crippen LogP contribution in [0.5, 0.6) is 5.75 Å². The standard InChI is InChI=1S/C17H19N5O2/c18-16-15-14(10-1-3-13(24)4-2-10)7-22(17(15)21-9-20-16)12-5-11(8-23)19-6-12/h1-4,7,9,11-12,19,23-24H,5-6,8H2,(H2,18,20,21)/t11-,12-/m0/s1. The molecule has 2 atom stereocenters. The van der Waals surface area contributed by atoms with Crippen LogP contribution in [0.3, 0.4) is 0 Å². The number of nitrogen functional groups attached to an aromatic ring is 1. The van der Waals surface area contributed by atoms with Crippen molar-refractivity contribution in [2.45, 2.75) is 18.5 Å². The topological polar surface area (TPSA) is 109 Å². The molecule has 0 unspecified atom stereocenters. The number of aromatic hydroxyl groups is 1. The van der Waals surface area contributed by atoms with E-state index >= 15 is 0 Å². The molecule has 7 heteroatoms. The number of hydrogen-bond donors (Lipinski definition) is 4. The third kappa shape index (κ3) is 2.38. The Balaban J connectivity index is 1.87. The van der Waals surface area contributed by atoms with Gasteiger partial charge in [-0.2, -0.15) is 0 Å². The van der Waals surface area contributed by atoms with Gasteiger partial charge in [0.05, 0.1) is 12.0 Å². The van der Waals surface area contributed by atoms with Crippen molar-refractivity contribution in [2.24, 2.45) is 0 Å². The minimum atomic E-state index is 0.101. The summed E-state index contributed by atoms with van der Waals surface area (Å²) in [6.45, 7) is 0.894.